The molecular formula is C12H10N4O4. The normalized spacial score (nSPS) is 11.1. The molecule has 0 radical (unpaired) electrons. The molecule has 2 aliphatic heterocycles. The Balaban J connectivity index is 2.71. The molecule has 0 N–H and O–H groups in total. The lowest BCUT2D eigenvalue weighted by Gasteiger charge is -2.15. The van der Waals surface area contributed by atoms with Crippen LogP contribution in [-0.2, 0) is 7.05 Å². The van der Waals surface area contributed by atoms with Crippen LogP contribution in [0.3, 0.4) is 0 Å². The van der Waals surface area contributed by atoms with Gasteiger partial charge in [0.05, 0.1) is 0 Å². The van der Waals surface area contributed by atoms with Crippen molar-refractivity contribution in [3.8, 4) is 11.5 Å². The zero-order valence-electron chi connectivity index (χ0n) is 10.7. The minimum Gasteiger partial charge on any atom is -0.618 e. The lowest BCUT2D eigenvalue weighted by Crippen LogP contribution is -2.46. The fraction of sp³-hybridized carbons (Fsp3) is 0.167. The summed E-state index contributed by atoms with van der Waals surface area (Å²) in [6.45, 7) is 0. The van der Waals surface area contributed by atoms with E-state index in [4.69, 9.17) is 4.84 Å². The smallest absolute Gasteiger partial charge is 0.352 e. The van der Waals surface area contributed by atoms with Crippen LogP contribution in [0.4, 0.5) is 0 Å². The fourth-order valence-electron chi connectivity index (χ4n) is 2.11. The molecule has 0 aliphatic carbocycles. The average Bonchev–Trinajstić information content (AvgIpc) is 2.45. The highest BCUT2D eigenvalue weighted by atomic mass is 16.6. The molecule has 1 aromatic carbocycles. The maximum Gasteiger partial charge on any atom is 0.352 e. The van der Waals surface area contributed by atoms with E-state index >= 15 is 0 Å². The van der Waals surface area contributed by atoms with Gasteiger partial charge in [-0.1, -0.05) is 12.1 Å². The Morgan fingerprint density at radius 1 is 1.30 bits per heavy atom. The maximum atomic E-state index is 12.3. The van der Waals surface area contributed by atoms with E-state index in [-0.39, 0.29) is 17.0 Å². The van der Waals surface area contributed by atoms with E-state index in [1.54, 1.807) is 24.3 Å². The highest BCUT2D eigenvalue weighted by Gasteiger charge is 2.29. The second-order valence-corrected chi connectivity index (χ2v) is 4.19. The van der Waals surface area contributed by atoms with Crippen molar-refractivity contribution in [1.29, 1.82) is 0 Å². The molecule has 0 atom stereocenters. The van der Waals surface area contributed by atoms with Crippen LogP contribution in [0.2, 0.25) is 0 Å². The minimum absolute atomic E-state index is 0.102. The van der Waals surface area contributed by atoms with Crippen LogP contribution in [-0.4, -0.2) is 21.4 Å². The van der Waals surface area contributed by atoms with Crippen LogP contribution in [0, 0.1) is 5.21 Å². The molecule has 2 heterocycles. The van der Waals surface area contributed by atoms with Crippen LogP contribution in [0.15, 0.2) is 33.9 Å². The fourth-order valence-corrected chi connectivity index (χ4v) is 2.11. The van der Waals surface area contributed by atoms with Crippen molar-refractivity contribution in [2.75, 3.05) is 7.11 Å². The summed E-state index contributed by atoms with van der Waals surface area (Å²) in [5.74, 6) is -0.102. The highest BCUT2D eigenvalue weighted by molar-refractivity contribution is 5.74. The van der Waals surface area contributed by atoms with Crippen molar-refractivity contribution in [3.63, 3.8) is 0 Å². The summed E-state index contributed by atoms with van der Waals surface area (Å²) in [7, 11) is 2.63. The van der Waals surface area contributed by atoms with Crippen molar-refractivity contribution in [3.05, 3.63) is 50.3 Å². The molecule has 0 amide bonds. The first-order chi connectivity index (χ1) is 9.56. The number of aromatic nitrogens is 4. The summed E-state index contributed by atoms with van der Waals surface area (Å²) in [4.78, 5) is 32.7. The monoisotopic (exact) mass is 274 g/mol. The first-order valence-corrected chi connectivity index (χ1v) is 5.75. The molecule has 8 heteroatoms. The predicted octanol–water partition coefficient (Wildman–Crippen LogP) is -1.11. The Kier molecular flexibility index (Phi) is 2.46. The van der Waals surface area contributed by atoms with Crippen molar-refractivity contribution >= 4 is 11.0 Å². The van der Waals surface area contributed by atoms with Crippen molar-refractivity contribution in [2.45, 2.75) is 0 Å². The molecule has 0 spiro atoms. The summed E-state index contributed by atoms with van der Waals surface area (Å²) in [6, 6.07) is 6.57. The quantitative estimate of drug-likeness (QED) is 0.319. The van der Waals surface area contributed by atoms with Crippen LogP contribution in [0.1, 0.15) is 0 Å². The summed E-state index contributed by atoms with van der Waals surface area (Å²) in [6.07, 6.45) is 0. The van der Waals surface area contributed by atoms with Gasteiger partial charge in [-0.15, -0.1) is 0 Å². The molecule has 2 aliphatic rings. The predicted molar refractivity (Wildman–Crippen MR) is 69.3 cm³/mol. The van der Waals surface area contributed by atoms with Crippen LogP contribution in [0.25, 0.3) is 22.6 Å². The third-order valence-corrected chi connectivity index (χ3v) is 3.10. The van der Waals surface area contributed by atoms with Gasteiger partial charge >= 0.3 is 16.9 Å². The zero-order valence-corrected chi connectivity index (χ0v) is 10.7. The van der Waals surface area contributed by atoms with Gasteiger partial charge in [0.25, 0.3) is 5.82 Å². The number of rotatable bonds is 1. The molecule has 0 saturated carbocycles. The molecule has 8 nitrogen and oxygen atoms in total. The highest BCUT2D eigenvalue weighted by Crippen LogP contribution is 2.16. The van der Waals surface area contributed by atoms with Crippen LogP contribution in [0.5, 0.6) is 0 Å². The molecule has 3 rings (SSSR count). The standard InChI is InChI=1S/C12H10N4O4/c1-14-11(17)9-10(13-12(14)18)16(20-2)8-6-4-3-5-7(8)15(9)19/h3-6H,1-2H3. The second kappa shape index (κ2) is 4.05. The molecule has 0 fully saturated rings. The number of hydrogen-bond acceptors (Lipinski definition) is 5. The van der Waals surface area contributed by atoms with Crippen LogP contribution < -0.4 is 20.8 Å². The lowest BCUT2D eigenvalue weighted by atomic mass is 10.2. The molecule has 1 aromatic rings. The Morgan fingerprint density at radius 2 is 2.00 bits per heavy atom. The molecule has 20 heavy (non-hydrogen) atoms. The Labute approximate surface area is 112 Å². The van der Waals surface area contributed by atoms with Crippen LogP contribution >= 0.6 is 0 Å². The van der Waals surface area contributed by atoms with Crippen molar-refractivity contribution in [2.24, 2.45) is 7.05 Å². The van der Waals surface area contributed by atoms with Gasteiger partial charge in [-0.3, -0.25) is 9.36 Å². The van der Waals surface area contributed by atoms with E-state index in [9.17, 15) is 14.8 Å². The van der Waals surface area contributed by atoms with Crippen molar-refractivity contribution in [1.82, 2.24) is 14.3 Å². The van der Waals surface area contributed by atoms with Gasteiger partial charge in [0.2, 0.25) is 5.52 Å². The molecular weight excluding hydrogens is 264 g/mol. The molecule has 102 valence electrons. The number of nitrogens with zero attached hydrogens (tertiary/aromatic N) is 4. The zero-order chi connectivity index (χ0) is 14.4. The lowest BCUT2D eigenvalue weighted by molar-refractivity contribution is -0.567. The van der Waals surface area contributed by atoms with E-state index in [2.05, 4.69) is 4.98 Å². The van der Waals surface area contributed by atoms with Gasteiger partial charge in [0, 0.05) is 13.1 Å². The maximum absolute atomic E-state index is 12.3. The first-order valence-electron chi connectivity index (χ1n) is 5.75. The van der Waals surface area contributed by atoms with E-state index in [1.807, 2.05) is 0 Å². The number of para-hydroxylation sites is 2. The first kappa shape index (κ1) is 12.2. The summed E-state index contributed by atoms with van der Waals surface area (Å²) in [5.41, 5.74) is -1.04. The van der Waals surface area contributed by atoms with Gasteiger partial charge < -0.3 is 10.0 Å². The van der Waals surface area contributed by atoms with Gasteiger partial charge in [0.15, 0.2) is 5.52 Å². The Hall–Kier alpha value is -2.90. The second-order valence-electron chi connectivity index (χ2n) is 4.19. The third kappa shape index (κ3) is 1.41. The van der Waals surface area contributed by atoms with Crippen molar-refractivity contribution < 1.29 is 9.57 Å². The molecule has 0 saturated heterocycles. The van der Waals surface area contributed by atoms with Gasteiger partial charge in [-0.05, 0) is 6.07 Å². The summed E-state index contributed by atoms with van der Waals surface area (Å²) >= 11 is 0. The molecule has 0 unspecified atom stereocenters. The van der Waals surface area contributed by atoms with E-state index in [0.29, 0.717) is 10.2 Å². The largest absolute Gasteiger partial charge is 0.618 e. The Bertz CT molecular complexity index is 912. The number of benzene rings is 1. The van der Waals surface area contributed by atoms with E-state index in [0.717, 1.165) is 4.57 Å². The minimum atomic E-state index is -0.747. The van der Waals surface area contributed by atoms with Gasteiger partial charge in [-0.25, -0.2) is 4.79 Å². The average molecular weight is 274 g/mol. The SMILES string of the molecule is COn1c2nc(=O)n(C)c(=O)c-2[n+]([O-])c2ccccc21. The van der Waals surface area contributed by atoms with E-state index in [1.165, 1.54) is 18.9 Å². The van der Waals surface area contributed by atoms with E-state index < -0.39 is 11.2 Å². The Morgan fingerprint density at radius 3 is 2.70 bits per heavy atom. The van der Waals surface area contributed by atoms with Gasteiger partial charge in [0.1, 0.15) is 7.11 Å². The summed E-state index contributed by atoms with van der Waals surface area (Å²) in [5, 5.41) is 12.3. The third-order valence-electron chi connectivity index (χ3n) is 3.10. The topological polar surface area (TPSA) is 93.1 Å². The summed E-state index contributed by atoms with van der Waals surface area (Å²) < 4.78 is 2.45. The number of hydrogen-bond donors (Lipinski definition) is 0. The molecule has 0 aromatic heterocycles. The van der Waals surface area contributed by atoms with Gasteiger partial charge in [-0.2, -0.15) is 14.4 Å². The number of fused-ring (bicyclic) bond motifs is 2. The molecule has 0 bridgehead atoms.